The number of nitrogens with one attached hydrogen (secondary N) is 2. The van der Waals surface area contributed by atoms with Gasteiger partial charge in [-0.3, -0.25) is 14.9 Å². The lowest BCUT2D eigenvalue weighted by Crippen LogP contribution is -2.27. The summed E-state index contributed by atoms with van der Waals surface area (Å²) in [6.07, 6.45) is 2.11. The fourth-order valence-corrected chi connectivity index (χ4v) is 2.34. The van der Waals surface area contributed by atoms with Crippen LogP contribution in [0.25, 0.3) is 0 Å². The lowest BCUT2D eigenvalue weighted by atomic mass is 10.2. The van der Waals surface area contributed by atoms with Crippen molar-refractivity contribution in [1.29, 1.82) is 0 Å². The molecule has 1 aromatic heterocycles. The largest absolute Gasteiger partial charge is 0.381 e. The molecule has 1 fully saturated rings. The van der Waals surface area contributed by atoms with Crippen LogP contribution in [0.2, 0.25) is 0 Å². The molecule has 1 saturated carbocycles. The summed E-state index contributed by atoms with van der Waals surface area (Å²) < 4.78 is 6.48. The van der Waals surface area contributed by atoms with Crippen LogP contribution in [0.4, 0.5) is 5.95 Å². The second-order valence-corrected chi connectivity index (χ2v) is 5.63. The third kappa shape index (κ3) is 4.17. The summed E-state index contributed by atoms with van der Waals surface area (Å²) in [7, 11) is 1.58. The van der Waals surface area contributed by atoms with Gasteiger partial charge in [0, 0.05) is 13.7 Å². The van der Waals surface area contributed by atoms with Crippen molar-refractivity contribution in [1.82, 2.24) is 20.1 Å². The van der Waals surface area contributed by atoms with Crippen LogP contribution in [-0.4, -0.2) is 39.8 Å². The molecule has 8 nitrogen and oxygen atoms in total. The maximum atomic E-state index is 11.9. The van der Waals surface area contributed by atoms with Gasteiger partial charge in [0.1, 0.15) is 12.9 Å². The van der Waals surface area contributed by atoms with E-state index < -0.39 is 0 Å². The molecule has 0 bridgehead atoms. The Labute approximate surface area is 139 Å². The van der Waals surface area contributed by atoms with Gasteiger partial charge in [-0.1, -0.05) is 30.3 Å². The zero-order chi connectivity index (χ0) is 16.9. The molecular weight excluding hydrogens is 310 g/mol. The van der Waals surface area contributed by atoms with Gasteiger partial charge in [-0.05, 0) is 12.0 Å². The molecule has 0 unspecified atom stereocenters. The lowest BCUT2D eigenvalue weighted by molar-refractivity contribution is -0.122. The Balaban J connectivity index is 1.45. The van der Waals surface area contributed by atoms with Crippen molar-refractivity contribution in [2.24, 2.45) is 5.92 Å². The summed E-state index contributed by atoms with van der Waals surface area (Å²) in [4.78, 5) is 27.8. The summed E-state index contributed by atoms with van der Waals surface area (Å²) in [5.74, 6) is -0.287. The van der Waals surface area contributed by atoms with Crippen LogP contribution >= 0.6 is 0 Å². The van der Waals surface area contributed by atoms with Crippen LogP contribution in [0, 0.1) is 5.92 Å². The molecule has 2 amide bonds. The van der Waals surface area contributed by atoms with E-state index in [1.54, 1.807) is 7.11 Å². The Morgan fingerprint density at radius 2 is 2.12 bits per heavy atom. The highest BCUT2D eigenvalue weighted by molar-refractivity contribution is 5.93. The van der Waals surface area contributed by atoms with Crippen molar-refractivity contribution < 1.29 is 14.3 Å². The Bertz CT molecular complexity index is 716. The van der Waals surface area contributed by atoms with Gasteiger partial charge in [-0.25, -0.2) is 9.67 Å². The first-order valence-electron chi connectivity index (χ1n) is 7.69. The number of benzene rings is 1. The van der Waals surface area contributed by atoms with Crippen LogP contribution in [0.5, 0.6) is 0 Å². The van der Waals surface area contributed by atoms with Crippen LogP contribution in [0.15, 0.2) is 36.7 Å². The fourth-order valence-electron chi connectivity index (χ4n) is 2.34. The quantitative estimate of drug-likeness (QED) is 0.774. The Hall–Kier alpha value is -2.74. The highest BCUT2D eigenvalue weighted by Crippen LogP contribution is 2.33. The molecule has 8 heteroatoms. The number of ether oxygens (including phenoxy) is 1. The molecule has 1 aliphatic rings. The van der Waals surface area contributed by atoms with Crippen molar-refractivity contribution in [3.63, 3.8) is 0 Å². The first-order chi connectivity index (χ1) is 11.7. The normalized spacial score (nSPS) is 18.9. The third-order valence-electron chi connectivity index (χ3n) is 3.78. The molecule has 126 valence electrons. The number of carbonyl (C=O) groups is 2. The standard InChI is InChI=1S/C16H19N5O3/c1-24-13-7-12(13)15(23)19-16-18-10-21(20-16)9-14(22)17-8-11-5-3-2-4-6-11/h2-6,10,12-13H,7-9H2,1H3,(H,17,22)(H,19,20,23)/t12-,13-/m1/s1. The summed E-state index contributed by atoms with van der Waals surface area (Å²) in [5.41, 5.74) is 1.02. The number of aromatic nitrogens is 3. The van der Waals surface area contributed by atoms with E-state index in [2.05, 4.69) is 20.7 Å². The second kappa shape index (κ2) is 7.22. The SMILES string of the molecule is CO[C@@H]1C[C@H]1C(=O)Nc1ncn(CC(=O)NCc2ccccc2)n1. The Morgan fingerprint density at radius 1 is 1.33 bits per heavy atom. The topological polar surface area (TPSA) is 98.1 Å². The maximum absolute atomic E-state index is 11.9. The van der Waals surface area contributed by atoms with Crippen molar-refractivity contribution in [2.75, 3.05) is 12.4 Å². The van der Waals surface area contributed by atoms with Gasteiger partial charge in [0.05, 0.1) is 12.0 Å². The van der Waals surface area contributed by atoms with E-state index in [0.717, 1.165) is 5.56 Å². The number of nitrogens with zero attached hydrogens (tertiary/aromatic N) is 3. The van der Waals surface area contributed by atoms with Crippen LogP contribution in [0.3, 0.4) is 0 Å². The number of carbonyl (C=O) groups excluding carboxylic acids is 2. The van der Waals surface area contributed by atoms with Gasteiger partial charge >= 0.3 is 0 Å². The lowest BCUT2D eigenvalue weighted by Gasteiger charge is -2.05. The Morgan fingerprint density at radius 3 is 2.83 bits per heavy atom. The fraction of sp³-hybridized carbons (Fsp3) is 0.375. The molecule has 1 aliphatic carbocycles. The summed E-state index contributed by atoms with van der Waals surface area (Å²) in [6, 6.07) is 9.64. The van der Waals surface area contributed by atoms with E-state index in [-0.39, 0.29) is 36.3 Å². The monoisotopic (exact) mass is 329 g/mol. The molecule has 24 heavy (non-hydrogen) atoms. The zero-order valence-electron chi connectivity index (χ0n) is 13.3. The minimum absolute atomic E-state index is 0.0177. The minimum Gasteiger partial charge on any atom is -0.381 e. The number of rotatable bonds is 7. The second-order valence-electron chi connectivity index (χ2n) is 5.63. The van der Waals surface area contributed by atoms with Crippen molar-refractivity contribution in [3.8, 4) is 0 Å². The molecule has 2 aromatic rings. The van der Waals surface area contributed by atoms with Gasteiger partial charge in [-0.15, -0.1) is 5.10 Å². The molecule has 3 rings (SSSR count). The average Bonchev–Trinajstić information content (AvgIpc) is 3.28. The summed E-state index contributed by atoms with van der Waals surface area (Å²) in [6.45, 7) is 0.498. The van der Waals surface area contributed by atoms with Gasteiger partial charge in [0.25, 0.3) is 0 Å². The smallest absolute Gasteiger partial charge is 0.248 e. The van der Waals surface area contributed by atoms with Gasteiger partial charge in [0.15, 0.2) is 0 Å². The van der Waals surface area contributed by atoms with E-state index in [4.69, 9.17) is 4.74 Å². The predicted octanol–water partition coefficient (Wildman–Crippen LogP) is 0.568. The van der Waals surface area contributed by atoms with E-state index >= 15 is 0 Å². The third-order valence-corrected chi connectivity index (χ3v) is 3.78. The van der Waals surface area contributed by atoms with Crippen LogP contribution in [-0.2, 0) is 27.4 Å². The molecule has 0 saturated heterocycles. The van der Waals surface area contributed by atoms with E-state index in [1.165, 1.54) is 11.0 Å². The van der Waals surface area contributed by atoms with Gasteiger partial charge < -0.3 is 10.1 Å². The van der Waals surface area contributed by atoms with Crippen LogP contribution in [0.1, 0.15) is 12.0 Å². The minimum atomic E-state index is -0.178. The molecule has 2 N–H and O–H groups in total. The maximum Gasteiger partial charge on any atom is 0.248 e. The van der Waals surface area contributed by atoms with Crippen molar-refractivity contribution in [2.45, 2.75) is 25.6 Å². The highest BCUT2D eigenvalue weighted by Gasteiger charge is 2.43. The number of amides is 2. The molecule has 0 radical (unpaired) electrons. The summed E-state index contributed by atoms with van der Waals surface area (Å²) >= 11 is 0. The van der Waals surface area contributed by atoms with Gasteiger partial charge in [0.2, 0.25) is 17.8 Å². The number of methoxy groups -OCH3 is 1. The number of hydrogen-bond donors (Lipinski definition) is 2. The molecular formula is C16H19N5O3. The van der Waals surface area contributed by atoms with Crippen molar-refractivity contribution >= 4 is 17.8 Å². The van der Waals surface area contributed by atoms with E-state index in [1.807, 2.05) is 30.3 Å². The molecule has 1 heterocycles. The predicted molar refractivity (Wildman–Crippen MR) is 85.8 cm³/mol. The van der Waals surface area contributed by atoms with Crippen LogP contribution < -0.4 is 10.6 Å². The number of hydrogen-bond acceptors (Lipinski definition) is 5. The van der Waals surface area contributed by atoms with Crippen molar-refractivity contribution in [3.05, 3.63) is 42.2 Å². The highest BCUT2D eigenvalue weighted by atomic mass is 16.5. The first kappa shape index (κ1) is 16.1. The van der Waals surface area contributed by atoms with Gasteiger partial charge in [-0.2, -0.15) is 0 Å². The molecule has 0 aliphatic heterocycles. The van der Waals surface area contributed by atoms with E-state index in [9.17, 15) is 9.59 Å². The molecule has 2 atom stereocenters. The zero-order valence-corrected chi connectivity index (χ0v) is 13.3. The first-order valence-corrected chi connectivity index (χ1v) is 7.69. The molecule has 0 spiro atoms. The van der Waals surface area contributed by atoms with E-state index in [0.29, 0.717) is 13.0 Å². The average molecular weight is 329 g/mol. The Kier molecular flexibility index (Phi) is 4.85. The number of anilines is 1. The molecule has 1 aromatic carbocycles. The summed E-state index contributed by atoms with van der Waals surface area (Å²) in [5, 5.41) is 9.51.